The normalized spacial score (nSPS) is 11.1. The largest absolute Gasteiger partial charge is 0.308 e. The van der Waals surface area contributed by atoms with Crippen molar-refractivity contribution in [3.8, 4) is 0 Å². The van der Waals surface area contributed by atoms with Gasteiger partial charge in [-0.3, -0.25) is 0 Å². The predicted molar refractivity (Wildman–Crippen MR) is 76.8 cm³/mol. The third-order valence-electron chi connectivity index (χ3n) is 3.04. The minimum atomic E-state index is 0.467. The summed E-state index contributed by atoms with van der Waals surface area (Å²) in [5.41, 5.74) is 1.38. The smallest absolute Gasteiger partial charge is 0.140 e. The van der Waals surface area contributed by atoms with Crippen LogP contribution in [0.5, 0.6) is 0 Å². The summed E-state index contributed by atoms with van der Waals surface area (Å²) in [6, 6.07) is 11.0. The summed E-state index contributed by atoms with van der Waals surface area (Å²) in [6.07, 6.45) is 3.81. The highest BCUT2D eigenvalue weighted by atomic mass is 15.3. The molecule has 0 fully saturated rings. The van der Waals surface area contributed by atoms with Gasteiger partial charge in [0.05, 0.1) is 6.54 Å². The van der Waals surface area contributed by atoms with Crippen molar-refractivity contribution in [2.24, 2.45) is 0 Å². The molecular weight excluding hydrogens is 236 g/mol. The molecule has 0 aliphatic rings. The molecule has 0 atom stereocenters. The Labute approximate surface area is 114 Å². The maximum Gasteiger partial charge on any atom is 0.140 e. The van der Waals surface area contributed by atoms with Gasteiger partial charge in [0.15, 0.2) is 0 Å². The molecule has 102 valence electrons. The number of aromatic nitrogens is 3. The second-order valence-electron chi connectivity index (χ2n) is 5.02. The predicted octanol–water partition coefficient (Wildman–Crippen LogP) is 2.41. The van der Waals surface area contributed by atoms with Crippen LogP contribution in [0.1, 0.15) is 31.7 Å². The molecule has 0 aliphatic heterocycles. The van der Waals surface area contributed by atoms with E-state index >= 15 is 0 Å². The Bertz CT molecular complexity index is 476. The molecule has 0 spiro atoms. The van der Waals surface area contributed by atoms with E-state index in [0.29, 0.717) is 6.04 Å². The lowest BCUT2D eigenvalue weighted by molar-refractivity contribution is 0.507. The number of hydrogen-bond donors (Lipinski definition) is 1. The van der Waals surface area contributed by atoms with E-state index in [1.54, 1.807) is 6.33 Å². The first-order chi connectivity index (χ1) is 9.25. The van der Waals surface area contributed by atoms with Crippen molar-refractivity contribution in [2.75, 3.05) is 0 Å². The Hall–Kier alpha value is -1.68. The van der Waals surface area contributed by atoms with Gasteiger partial charge in [0.2, 0.25) is 0 Å². The van der Waals surface area contributed by atoms with Crippen molar-refractivity contribution in [3.63, 3.8) is 0 Å². The van der Waals surface area contributed by atoms with Crippen LogP contribution in [-0.2, 0) is 19.5 Å². The first-order valence-corrected chi connectivity index (χ1v) is 6.89. The molecule has 4 heteroatoms. The molecule has 2 aromatic rings. The summed E-state index contributed by atoms with van der Waals surface area (Å²) < 4.78 is 2.00. The van der Waals surface area contributed by atoms with Crippen molar-refractivity contribution in [2.45, 2.75) is 45.8 Å². The molecule has 2 rings (SSSR count). The second kappa shape index (κ2) is 7.04. The Balaban J connectivity index is 1.81. The van der Waals surface area contributed by atoms with Crippen LogP contribution in [0.4, 0.5) is 0 Å². The minimum absolute atomic E-state index is 0.467. The van der Waals surface area contributed by atoms with Crippen LogP contribution in [0.2, 0.25) is 0 Å². The van der Waals surface area contributed by atoms with E-state index in [4.69, 9.17) is 0 Å². The molecule has 0 aliphatic carbocycles. The standard InChI is InChI=1S/C15H22N4/c1-13(2)16-11-15-17-12-18-19(15)10-6-9-14-7-4-3-5-8-14/h3-5,7-8,12-13,16H,6,9-11H2,1-2H3. The monoisotopic (exact) mass is 258 g/mol. The van der Waals surface area contributed by atoms with Crippen molar-refractivity contribution in [1.82, 2.24) is 20.1 Å². The molecule has 0 amide bonds. The molecule has 0 saturated heterocycles. The zero-order valence-electron chi connectivity index (χ0n) is 11.7. The van der Waals surface area contributed by atoms with E-state index in [9.17, 15) is 0 Å². The first-order valence-electron chi connectivity index (χ1n) is 6.89. The average molecular weight is 258 g/mol. The Morgan fingerprint density at radius 2 is 2.00 bits per heavy atom. The van der Waals surface area contributed by atoms with Gasteiger partial charge in [0, 0.05) is 12.6 Å². The maximum absolute atomic E-state index is 4.30. The average Bonchev–Trinajstić information content (AvgIpc) is 2.85. The first kappa shape index (κ1) is 13.7. The lowest BCUT2D eigenvalue weighted by Crippen LogP contribution is -2.24. The highest BCUT2D eigenvalue weighted by molar-refractivity contribution is 5.14. The fourth-order valence-corrected chi connectivity index (χ4v) is 1.98. The van der Waals surface area contributed by atoms with Crippen LogP contribution in [0.25, 0.3) is 0 Å². The van der Waals surface area contributed by atoms with Gasteiger partial charge in [-0.25, -0.2) is 9.67 Å². The number of nitrogens with one attached hydrogen (secondary N) is 1. The Kier molecular flexibility index (Phi) is 5.10. The van der Waals surface area contributed by atoms with Gasteiger partial charge >= 0.3 is 0 Å². The van der Waals surface area contributed by atoms with Gasteiger partial charge in [-0.15, -0.1) is 0 Å². The SMILES string of the molecule is CC(C)NCc1ncnn1CCCc1ccccc1. The molecule has 4 nitrogen and oxygen atoms in total. The van der Waals surface area contributed by atoms with E-state index in [2.05, 4.69) is 59.6 Å². The number of nitrogens with zero attached hydrogens (tertiary/aromatic N) is 3. The Morgan fingerprint density at radius 3 is 2.74 bits per heavy atom. The van der Waals surface area contributed by atoms with E-state index in [1.165, 1.54) is 5.56 Å². The highest BCUT2D eigenvalue weighted by Crippen LogP contribution is 2.04. The van der Waals surface area contributed by atoms with Crippen LogP contribution in [0.3, 0.4) is 0 Å². The van der Waals surface area contributed by atoms with Crippen LogP contribution in [0.15, 0.2) is 36.7 Å². The number of rotatable bonds is 7. The molecule has 19 heavy (non-hydrogen) atoms. The summed E-state index contributed by atoms with van der Waals surface area (Å²) in [7, 11) is 0. The molecule has 1 aromatic heterocycles. The van der Waals surface area contributed by atoms with Crippen molar-refractivity contribution in [3.05, 3.63) is 48.0 Å². The van der Waals surface area contributed by atoms with Gasteiger partial charge in [-0.1, -0.05) is 44.2 Å². The van der Waals surface area contributed by atoms with Crippen LogP contribution in [0, 0.1) is 0 Å². The molecule has 1 N–H and O–H groups in total. The molecular formula is C15H22N4. The zero-order valence-corrected chi connectivity index (χ0v) is 11.7. The summed E-state index contributed by atoms with van der Waals surface area (Å²) in [6.45, 7) is 5.97. The fraction of sp³-hybridized carbons (Fsp3) is 0.467. The van der Waals surface area contributed by atoms with Gasteiger partial charge in [0.25, 0.3) is 0 Å². The zero-order chi connectivity index (χ0) is 13.5. The van der Waals surface area contributed by atoms with Crippen molar-refractivity contribution >= 4 is 0 Å². The maximum atomic E-state index is 4.30. The minimum Gasteiger partial charge on any atom is -0.308 e. The van der Waals surface area contributed by atoms with Crippen LogP contribution < -0.4 is 5.32 Å². The number of hydrogen-bond acceptors (Lipinski definition) is 3. The van der Waals surface area contributed by atoms with Crippen LogP contribution >= 0.6 is 0 Å². The summed E-state index contributed by atoms with van der Waals surface area (Å²) in [4.78, 5) is 4.30. The molecule has 0 radical (unpaired) electrons. The number of aryl methyl sites for hydroxylation is 2. The van der Waals surface area contributed by atoms with Crippen molar-refractivity contribution in [1.29, 1.82) is 0 Å². The summed E-state index contributed by atoms with van der Waals surface area (Å²) in [5.74, 6) is 1.02. The Morgan fingerprint density at radius 1 is 1.21 bits per heavy atom. The van der Waals surface area contributed by atoms with E-state index in [0.717, 1.165) is 31.8 Å². The molecule has 1 heterocycles. The molecule has 1 aromatic carbocycles. The molecule has 0 saturated carbocycles. The highest BCUT2D eigenvalue weighted by Gasteiger charge is 2.04. The lowest BCUT2D eigenvalue weighted by Gasteiger charge is -2.09. The topological polar surface area (TPSA) is 42.7 Å². The number of benzene rings is 1. The van der Waals surface area contributed by atoms with Crippen molar-refractivity contribution < 1.29 is 0 Å². The fourth-order valence-electron chi connectivity index (χ4n) is 1.98. The van der Waals surface area contributed by atoms with Gasteiger partial charge in [0.1, 0.15) is 12.2 Å². The second-order valence-corrected chi connectivity index (χ2v) is 5.02. The van der Waals surface area contributed by atoms with E-state index in [1.807, 2.05) is 4.68 Å². The van der Waals surface area contributed by atoms with Gasteiger partial charge < -0.3 is 5.32 Å². The summed E-state index contributed by atoms with van der Waals surface area (Å²) in [5, 5.41) is 7.66. The summed E-state index contributed by atoms with van der Waals surface area (Å²) >= 11 is 0. The van der Waals surface area contributed by atoms with Gasteiger partial charge in [-0.05, 0) is 18.4 Å². The lowest BCUT2D eigenvalue weighted by atomic mass is 10.1. The molecule has 0 unspecified atom stereocenters. The third-order valence-corrected chi connectivity index (χ3v) is 3.04. The molecule has 0 bridgehead atoms. The van der Waals surface area contributed by atoms with E-state index in [-0.39, 0.29) is 0 Å². The van der Waals surface area contributed by atoms with Crippen LogP contribution in [-0.4, -0.2) is 20.8 Å². The van der Waals surface area contributed by atoms with Gasteiger partial charge in [-0.2, -0.15) is 5.10 Å². The quantitative estimate of drug-likeness (QED) is 0.829. The van der Waals surface area contributed by atoms with E-state index < -0.39 is 0 Å². The third kappa shape index (κ3) is 4.48.